The van der Waals surface area contributed by atoms with Gasteiger partial charge in [-0.3, -0.25) is 0 Å². The first-order chi connectivity index (χ1) is 7.41. The van der Waals surface area contributed by atoms with Crippen LogP contribution in [0.2, 0.25) is 0 Å². The van der Waals surface area contributed by atoms with Crippen LogP contribution in [-0.2, 0) is 17.1 Å². The van der Waals surface area contributed by atoms with Crippen molar-refractivity contribution < 1.29 is 8.42 Å². The molecule has 0 spiro atoms. The molecule has 16 heavy (non-hydrogen) atoms. The topological polar surface area (TPSA) is 81.2 Å². The number of hydrogen-bond acceptors (Lipinski definition) is 4. The fraction of sp³-hybridized carbons (Fsp3) is 0.667. The summed E-state index contributed by atoms with van der Waals surface area (Å²) in [4.78, 5) is 3.78. The van der Waals surface area contributed by atoms with Gasteiger partial charge in [-0.2, -0.15) is 4.31 Å². The van der Waals surface area contributed by atoms with Gasteiger partial charge in [-0.25, -0.2) is 13.4 Å². The molecule has 0 aromatic carbocycles. The molecule has 1 rings (SSSR count). The molecule has 2 N–H and O–H groups in total. The number of sulfonamides is 1. The Balaban J connectivity index is 3.02. The van der Waals surface area contributed by atoms with Gasteiger partial charge in [-0.1, -0.05) is 13.3 Å². The molecule has 0 amide bonds. The second kappa shape index (κ2) is 4.84. The maximum absolute atomic E-state index is 12.1. The van der Waals surface area contributed by atoms with E-state index in [9.17, 15) is 8.42 Å². The monoisotopic (exact) mass is 246 g/mol. The second-order valence-electron chi connectivity index (χ2n) is 3.73. The van der Waals surface area contributed by atoms with E-state index in [1.54, 1.807) is 14.1 Å². The average molecular weight is 246 g/mol. The van der Waals surface area contributed by atoms with E-state index in [1.165, 1.54) is 15.2 Å². The average Bonchev–Trinajstić information content (AvgIpc) is 2.55. The number of unbranched alkanes of at least 4 members (excludes halogenated alkanes) is 1. The van der Waals surface area contributed by atoms with Crippen LogP contribution in [-0.4, -0.2) is 35.9 Å². The molecule has 0 aliphatic heterocycles. The van der Waals surface area contributed by atoms with Gasteiger partial charge in [0.1, 0.15) is 0 Å². The van der Waals surface area contributed by atoms with Crippen molar-refractivity contribution >= 4 is 15.8 Å². The van der Waals surface area contributed by atoms with Crippen molar-refractivity contribution in [3.05, 3.63) is 6.33 Å². The van der Waals surface area contributed by atoms with Crippen LogP contribution in [0.15, 0.2) is 11.4 Å². The number of anilines is 1. The van der Waals surface area contributed by atoms with E-state index < -0.39 is 10.0 Å². The summed E-state index contributed by atoms with van der Waals surface area (Å²) in [5, 5.41) is 0.0612. The van der Waals surface area contributed by atoms with E-state index in [4.69, 9.17) is 5.73 Å². The Kier molecular flexibility index (Phi) is 3.93. The van der Waals surface area contributed by atoms with Crippen LogP contribution >= 0.6 is 0 Å². The summed E-state index contributed by atoms with van der Waals surface area (Å²) in [5.41, 5.74) is 5.56. The standard InChI is InChI=1S/C9H18N4O2S/c1-4-5-6-13(3)16(14,15)9-8(10)11-7-12(9)2/h7H,4-6,10H2,1-3H3. The Morgan fingerprint density at radius 2 is 2.19 bits per heavy atom. The van der Waals surface area contributed by atoms with E-state index in [-0.39, 0.29) is 10.8 Å². The van der Waals surface area contributed by atoms with Crippen molar-refractivity contribution in [2.24, 2.45) is 7.05 Å². The summed E-state index contributed by atoms with van der Waals surface area (Å²) in [5.74, 6) is 0.0471. The predicted molar refractivity (Wildman–Crippen MR) is 62.3 cm³/mol. The normalized spacial score (nSPS) is 12.2. The van der Waals surface area contributed by atoms with Crippen LogP contribution in [0.4, 0.5) is 5.82 Å². The largest absolute Gasteiger partial charge is 0.381 e. The highest BCUT2D eigenvalue weighted by Crippen LogP contribution is 2.19. The number of nitrogens with zero attached hydrogens (tertiary/aromatic N) is 3. The molecule has 1 aromatic rings. The zero-order valence-electron chi connectivity index (χ0n) is 9.84. The molecule has 0 atom stereocenters. The van der Waals surface area contributed by atoms with Gasteiger partial charge in [0, 0.05) is 20.6 Å². The number of imidazole rings is 1. The van der Waals surface area contributed by atoms with Gasteiger partial charge in [0.2, 0.25) is 0 Å². The van der Waals surface area contributed by atoms with Crippen LogP contribution in [0.25, 0.3) is 0 Å². The molecule has 0 aliphatic carbocycles. The highest BCUT2D eigenvalue weighted by molar-refractivity contribution is 7.89. The van der Waals surface area contributed by atoms with Crippen molar-refractivity contribution in [3.8, 4) is 0 Å². The fourth-order valence-corrected chi connectivity index (χ4v) is 2.79. The lowest BCUT2D eigenvalue weighted by Crippen LogP contribution is -2.29. The fourth-order valence-electron chi connectivity index (χ4n) is 1.40. The molecule has 0 unspecified atom stereocenters. The number of hydrogen-bond donors (Lipinski definition) is 1. The molecule has 1 aromatic heterocycles. The highest BCUT2D eigenvalue weighted by Gasteiger charge is 2.26. The van der Waals surface area contributed by atoms with Gasteiger partial charge in [0.25, 0.3) is 10.0 Å². The minimum Gasteiger partial charge on any atom is -0.381 e. The molecule has 0 fully saturated rings. The van der Waals surface area contributed by atoms with Crippen molar-refractivity contribution in [3.63, 3.8) is 0 Å². The maximum atomic E-state index is 12.1. The first-order valence-corrected chi connectivity index (χ1v) is 6.58. The molecule has 0 radical (unpaired) electrons. The zero-order valence-corrected chi connectivity index (χ0v) is 10.7. The van der Waals surface area contributed by atoms with Gasteiger partial charge in [-0.05, 0) is 6.42 Å². The molecule has 92 valence electrons. The Hall–Kier alpha value is -1.08. The van der Waals surface area contributed by atoms with E-state index in [2.05, 4.69) is 4.98 Å². The number of aromatic nitrogens is 2. The second-order valence-corrected chi connectivity index (χ2v) is 5.69. The molecule has 6 nitrogen and oxygen atoms in total. The summed E-state index contributed by atoms with van der Waals surface area (Å²) in [6.07, 6.45) is 3.17. The minimum atomic E-state index is -3.52. The van der Waals surface area contributed by atoms with Gasteiger partial charge in [-0.15, -0.1) is 0 Å². The quantitative estimate of drug-likeness (QED) is 0.816. The van der Waals surface area contributed by atoms with Crippen LogP contribution in [0.1, 0.15) is 19.8 Å². The van der Waals surface area contributed by atoms with Crippen LogP contribution in [0.3, 0.4) is 0 Å². The van der Waals surface area contributed by atoms with E-state index in [1.807, 2.05) is 6.92 Å². The summed E-state index contributed by atoms with van der Waals surface area (Å²) < 4.78 is 27.0. The first-order valence-electron chi connectivity index (χ1n) is 5.14. The molecule has 0 aliphatic rings. The lowest BCUT2D eigenvalue weighted by Gasteiger charge is -2.17. The van der Waals surface area contributed by atoms with Crippen molar-refractivity contribution in [1.29, 1.82) is 0 Å². The number of aryl methyl sites for hydroxylation is 1. The van der Waals surface area contributed by atoms with E-state index in [0.717, 1.165) is 12.8 Å². The minimum absolute atomic E-state index is 0.0471. The predicted octanol–water partition coefficient (Wildman–Crippen LogP) is 0.423. The molecule has 0 saturated heterocycles. The summed E-state index contributed by atoms with van der Waals surface area (Å²) in [7, 11) is -0.352. The third kappa shape index (κ3) is 2.35. The summed E-state index contributed by atoms with van der Waals surface area (Å²) in [6, 6.07) is 0. The summed E-state index contributed by atoms with van der Waals surface area (Å²) in [6.45, 7) is 2.50. The van der Waals surface area contributed by atoms with Crippen LogP contribution in [0.5, 0.6) is 0 Å². The maximum Gasteiger partial charge on any atom is 0.262 e. The van der Waals surface area contributed by atoms with E-state index in [0.29, 0.717) is 6.54 Å². The molecule has 1 heterocycles. The lowest BCUT2D eigenvalue weighted by atomic mass is 10.3. The van der Waals surface area contributed by atoms with E-state index >= 15 is 0 Å². The van der Waals surface area contributed by atoms with Gasteiger partial charge in [0.05, 0.1) is 6.33 Å². The van der Waals surface area contributed by atoms with Crippen LogP contribution < -0.4 is 5.73 Å². The van der Waals surface area contributed by atoms with Crippen LogP contribution in [0, 0.1) is 0 Å². The molecular weight excluding hydrogens is 228 g/mol. The molecule has 7 heteroatoms. The number of rotatable bonds is 5. The van der Waals surface area contributed by atoms with Gasteiger partial charge in [0.15, 0.2) is 10.8 Å². The molecule has 0 bridgehead atoms. The van der Waals surface area contributed by atoms with Gasteiger partial charge < -0.3 is 10.3 Å². The number of nitrogens with two attached hydrogens (primary N) is 1. The van der Waals surface area contributed by atoms with Crippen molar-refractivity contribution in [1.82, 2.24) is 13.9 Å². The Bertz CT molecular complexity index is 433. The highest BCUT2D eigenvalue weighted by atomic mass is 32.2. The molecular formula is C9H18N4O2S. The Morgan fingerprint density at radius 1 is 1.56 bits per heavy atom. The third-order valence-electron chi connectivity index (χ3n) is 2.39. The zero-order chi connectivity index (χ0) is 12.3. The summed E-state index contributed by atoms with van der Waals surface area (Å²) >= 11 is 0. The molecule has 0 saturated carbocycles. The van der Waals surface area contributed by atoms with Crippen molar-refractivity contribution in [2.45, 2.75) is 24.8 Å². The third-order valence-corrected chi connectivity index (χ3v) is 4.38. The van der Waals surface area contributed by atoms with Crippen molar-refractivity contribution in [2.75, 3.05) is 19.3 Å². The first kappa shape index (κ1) is 13.0. The number of nitrogen functional groups attached to an aromatic ring is 1. The smallest absolute Gasteiger partial charge is 0.262 e. The SMILES string of the molecule is CCCCN(C)S(=O)(=O)c1c(N)ncn1C. The Morgan fingerprint density at radius 3 is 2.62 bits per heavy atom. The Labute approximate surface area is 96.1 Å². The lowest BCUT2D eigenvalue weighted by molar-refractivity contribution is 0.454. The van der Waals surface area contributed by atoms with Gasteiger partial charge >= 0.3 is 0 Å².